The quantitative estimate of drug-likeness (QED) is 0.883. The molecule has 1 amide bonds. The Bertz CT molecular complexity index is 601. The number of nitrogens with two attached hydrogens (primary N) is 1. The number of amides is 1. The maximum Gasteiger partial charge on any atom is 0.289 e. The summed E-state index contributed by atoms with van der Waals surface area (Å²) in [5, 5.41) is 7.23. The van der Waals surface area contributed by atoms with E-state index in [1.165, 1.54) is 0 Å². The number of rotatable bonds is 5. The molecule has 0 saturated carbocycles. The SMILES string of the molecule is CC(CN)CNC(=O)c1cc(-c2cccc(Cl)c2)no1.Cl. The Balaban J connectivity index is 0.00000220. The second-order valence-corrected chi connectivity index (χ2v) is 5.07. The van der Waals surface area contributed by atoms with E-state index in [4.69, 9.17) is 21.9 Å². The fourth-order valence-corrected chi connectivity index (χ4v) is 1.79. The number of halogens is 2. The van der Waals surface area contributed by atoms with Crippen molar-refractivity contribution in [2.75, 3.05) is 13.1 Å². The van der Waals surface area contributed by atoms with Gasteiger partial charge in [0.2, 0.25) is 5.76 Å². The number of nitrogens with one attached hydrogen (secondary N) is 1. The van der Waals surface area contributed by atoms with Crippen LogP contribution >= 0.6 is 24.0 Å². The lowest BCUT2D eigenvalue weighted by Gasteiger charge is -2.07. The Morgan fingerprint density at radius 3 is 2.90 bits per heavy atom. The van der Waals surface area contributed by atoms with Crippen molar-refractivity contribution in [2.24, 2.45) is 11.7 Å². The Kier molecular flexibility index (Phi) is 6.68. The van der Waals surface area contributed by atoms with Crippen LogP contribution in [0.4, 0.5) is 0 Å². The van der Waals surface area contributed by atoms with Crippen LogP contribution in [0.25, 0.3) is 11.3 Å². The Hall–Kier alpha value is -1.56. The summed E-state index contributed by atoms with van der Waals surface area (Å²) in [6, 6.07) is 8.79. The van der Waals surface area contributed by atoms with E-state index in [2.05, 4.69) is 10.5 Å². The predicted molar refractivity (Wildman–Crippen MR) is 84.7 cm³/mol. The summed E-state index contributed by atoms with van der Waals surface area (Å²) in [6.07, 6.45) is 0. The van der Waals surface area contributed by atoms with Crippen molar-refractivity contribution in [3.63, 3.8) is 0 Å². The van der Waals surface area contributed by atoms with Crippen LogP contribution in [0.3, 0.4) is 0 Å². The van der Waals surface area contributed by atoms with E-state index >= 15 is 0 Å². The highest BCUT2D eigenvalue weighted by Gasteiger charge is 2.14. The van der Waals surface area contributed by atoms with E-state index in [9.17, 15) is 4.79 Å². The second kappa shape index (κ2) is 8.02. The average Bonchev–Trinajstić information content (AvgIpc) is 2.94. The van der Waals surface area contributed by atoms with E-state index < -0.39 is 0 Å². The van der Waals surface area contributed by atoms with Crippen molar-refractivity contribution in [3.05, 3.63) is 41.1 Å². The second-order valence-electron chi connectivity index (χ2n) is 4.64. The predicted octanol–water partition coefficient (Wildman–Crippen LogP) is 2.74. The maximum atomic E-state index is 11.9. The maximum absolute atomic E-state index is 11.9. The minimum Gasteiger partial charge on any atom is -0.350 e. The van der Waals surface area contributed by atoms with E-state index in [0.717, 1.165) is 5.56 Å². The summed E-state index contributed by atoms with van der Waals surface area (Å²) in [7, 11) is 0. The molecule has 2 rings (SSSR count). The normalized spacial score (nSPS) is 11.6. The molecule has 0 spiro atoms. The first kappa shape index (κ1) is 17.5. The molecule has 3 N–H and O–H groups in total. The van der Waals surface area contributed by atoms with Crippen LogP contribution in [0.5, 0.6) is 0 Å². The summed E-state index contributed by atoms with van der Waals surface area (Å²) >= 11 is 5.92. The van der Waals surface area contributed by atoms with Gasteiger partial charge in [0.15, 0.2) is 0 Å². The average molecular weight is 330 g/mol. The molecule has 0 bridgehead atoms. The summed E-state index contributed by atoms with van der Waals surface area (Å²) < 4.78 is 5.05. The summed E-state index contributed by atoms with van der Waals surface area (Å²) in [6.45, 7) is 2.98. The number of hydrogen-bond donors (Lipinski definition) is 2. The molecule has 114 valence electrons. The summed E-state index contributed by atoms with van der Waals surface area (Å²) in [4.78, 5) is 11.9. The molecule has 2 aromatic rings. The molecule has 1 atom stereocenters. The van der Waals surface area contributed by atoms with Crippen molar-refractivity contribution in [2.45, 2.75) is 6.92 Å². The highest BCUT2D eigenvalue weighted by Crippen LogP contribution is 2.22. The minimum absolute atomic E-state index is 0. The van der Waals surface area contributed by atoms with E-state index in [-0.39, 0.29) is 30.0 Å². The number of carbonyl (C=O) groups is 1. The van der Waals surface area contributed by atoms with Gasteiger partial charge in [0.05, 0.1) is 0 Å². The minimum atomic E-state index is -0.300. The third kappa shape index (κ3) is 4.74. The zero-order valence-electron chi connectivity index (χ0n) is 11.5. The third-order valence-electron chi connectivity index (χ3n) is 2.87. The van der Waals surface area contributed by atoms with Crippen LogP contribution in [0, 0.1) is 5.92 Å². The lowest BCUT2D eigenvalue weighted by atomic mass is 10.1. The first-order valence-corrected chi connectivity index (χ1v) is 6.69. The third-order valence-corrected chi connectivity index (χ3v) is 3.10. The van der Waals surface area contributed by atoms with Gasteiger partial charge in [-0.15, -0.1) is 12.4 Å². The molecule has 0 aliphatic carbocycles. The van der Waals surface area contributed by atoms with E-state index in [0.29, 0.717) is 23.8 Å². The van der Waals surface area contributed by atoms with Crippen LogP contribution in [-0.4, -0.2) is 24.2 Å². The van der Waals surface area contributed by atoms with Crippen molar-refractivity contribution in [1.82, 2.24) is 10.5 Å². The van der Waals surface area contributed by atoms with Gasteiger partial charge in [0.1, 0.15) is 5.69 Å². The number of hydrogen-bond acceptors (Lipinski definition) is 4. The molecule has 0 aliphatic heterocycles. The molecule has 5 nitrogen and oxygen atoms in total. The summed E-state index contributed by atoms with van der Waals surface area (Å²) in [5.74, 6) is 0.0875. The van der Waals surface area contributed by atoms with Gasteiger partial charge in [-0.2, -0.15) is 0 Å². The molecule has 0 radical (unpaired) electrons. The van der Waals surface area contributed by atoms with Crippen LogP contribution in [0.15, 0.2) is 34.9 Å². The van der Waals surface area contributed by atoms with Crippen LogP contribution < -0.4 is 11.1 Å². The number of carbonyl (C=O) groups excluding carboxylic acids is 1. The molecule has 1 heterocycles. The Morgan fingerprint density at radius 2 is 2.24 bits per heavy atom. The standard InChI is InChI=1S/C14H16ClN3O2.ClH/c1-9(7-16)8-17-14(19)13-6-12(18-20-13)10-3-2-4-11(15)5-10;/h2-6,9H,7-8,16H2,1H3,(H,17,19);1H. The topological polar surface area (TPSA) is 81.1 Å². The lowest BCUT2D eigenvalue weighted by Crippen LogP contribution is -2.31. The van der Waals surface area contributed by atoms with E-state index in [1.807, 2.05) is 19.1 Å². The molecular weight excluding hydrogens is 313 g/mol. The van der Waals surface area contributed by atoms with E-state index in [1.54, 1.807) is 18.2 Å². The number of aromatic nitrogens is 1. The van der Waals surface area contributed by atoms with Gasteiger partial charge in [0.25, 0.3) is 5.91 Å². The van der Waals surface area contributed by atoms with Gasteiger partial charge in [-0.25, -0.2) is 0 Å². The highest BCUT2D eigenvalue weighted by molar-refractivity contribution is 6.30. The molecule has 0 saturated heterocycles. The van der Waals surface area contributed by atoms with Gasteiger partial charge in [-0.05, 0) is 24.6 Å². The molecule has 1 unspecified atom stereocenters. The fraction of sp³-hybridized carbons (Fsp3) is 0.286. The van der Waals surface area contributed by atoms with Crippen molar-refractivity contribution >= 4 is 29.9 Å². The molecule has 0 fully saturated rings. The van der Waals surface area contributed by atoms with Crippen molar-refractivity contribution < 1.29 is 9.32 Å². The molecule has 1 aromatic carbocycles. The number of nitrogens with zero attached hydrogens (tertiary/aromatic N) is 1. The van der Waals surface area contributed by atoms with Gasteiger partial charge >= 0.3 is 0 Å². The van der Waals surface area contributed by atoms with Gasteiger partial charge in [-0.3, -0.25) is 4.79 Å². The van der Waals surface area contributed by atoms with Gasteiger partial charge in [-0.1, -0.05) is 35.8 Å². The zero-order valence-corrected chi connectivity index (χ0v) is 13.1. The number of benzene rings is 1. The fourth-order valence-electron chi connectivity index (χ4n) is 1.60. The molecular formula is C14H17Cl2N3O2. The zero-order chi connectivity index (χ0) is 14.5. The van der Waals surface area contributed by atoms with Crippen LogP contribution in [0.2, 0.25) is 5.02 Å². The largest absolute Gasteiger partial charge is 0.350 e. The molecule has 0 aliphatic rings. The van der Waals surface area contributed by atoms with Gasteiger partial charge in [0, 0.05) is 23.2 Å². The lowest BCUT2D eigenvalue weighted by molar-refractivity contribution is 0.0911. The van der Waals surface area contributed by atoms with Crippen LogP contribution in [-0.2, 0) is 0 Å². The molecule has 21 heavy (non-hydrogen) atoms. The Morgan fingerprint density at radius 1 is 1.48 bits per heavy atom. The van der Waals surface area contributed by atoms with Crippen molar-refractivity contribution in [1.29, 1.82) is 0 Å². The highest BCUT2D eigenvalue weighted by atomic mass is 35.5. The Labute approximate surface area is 134 Å². The first-order chi connectivity index (χ1) is 9.60. The summed E-state index contributed by atoms with van der Waals surface area (Å²) in [5.41, 5.74) is 6.87. The molecule has 1 aromatic heterocycles. The van der Waals surface area contributed by atoms with Gasteiger partial charge < -0.3 is 15.6 Å². The van der Waals surface area contributed by atoms with Crippen molar-refractivity contribution in [3.8, 4) is 11.3 Å². The monoisotopic (exact) mass is 329 g/mol. The smallest absolute Gasteiger partial charge is 0.289 e. The molecule has 7 heteroatoms. The van der Waals surface area contributed by atoms with Crippen LogP contribution in [0.1, 0.15) is 17.5 Å². The first-order valence-electron chi connectivity index (χ1n) is 6.31.